The predicted molar refractivity (Wildman–Crippen MR) is 69.2 cm³/mol. The number of aryl methyl sites for hydroxylation is 1. The molecular formula is C14H15NO4. The Morgan fingerprint density at radius 1 is 1.32 bits per heavy atom. The van der Waals surface area contributed by atoms with Gasteiger partial charge in [0.25, 0.3) is 0 Å². The minimum Gasteiger partial charge on any atom is -0.497 e. The molecule has 0 aliphatic rings. The van der Waals surface area contributed by atoms with Crippen LogP contribution in [0, 0.1) is 6.92 Å². The van der Waals surface area contributed by atoms with Crippen molar-refractivity contribution in [3.63, 3.8) is 0 Å². The molecule has 0 radical (unpaired) electrons. The highest BCUT2D eigenvalue weighted by Crippen LogP contribution is 2.26. The van der Waals surface area contributed by atoms with Gasteiger partial charge in [-0.1, -0.05) is 0 Å². The quantitative estimate of drug-likeness (QED) is 0.792. The topological polar surface area (TPSA) is 61.6 Å². The maximum Gasteiger partial charge on any atom is 0.376 e. The Morgan fingerprint density at radius 2 is 2.00 bits per heavy atom. The van der Waals surface area contributed by atoms with Crippen molar-refractivity contribution in [2.45, 2.75) is 13.8 Å². The molecule has 0 unspecified atom stereocenters. The summed E-state index contributed by atoms with van der Waals surface area (Å²) in [6.45, 7) is 3.73. The summed E-state index contributed by atoms with van der Waals surface area (Å²) < 4.78 is 15.4. The number of carbonyl (C=O) groups excluding carboxylic acids is 1. The second-order valence-corrected chi connectivity index (χ2v) is 3.86. The third-order valence-corrected chi connectivity index (χ3v) is 2.56. The minimum atomic E-state index is -0.506. The lowest BCUT2D eigenvalue weighted by atomic mass is 10.1. The van der Waals surface area contributed by atoms with Gasteiger partial charge < -0.3 is 13.9 Å². The van der Waals surface area contributed by atoms with Crippen LogP contribution < -0.4 is 4.74 Å². The zero-order valence-electron chi connectivity index (χ0n) is 11.1. The summed E-state index contributed by atoms with van der Waals surface area (Å²) in [5.41, 5.74) is 1.26. The molecule has 0 saturated carbocycles. The number of benzene rings is 1. The smallest absolute Gasteiger partial charge is 0.376 e. The van der Waals surface area contributed by atoms with Gasteiger partial charge in [0.15, 0.2) is 5.89 Å². The number of methoxy groups -OCH3 is 1. The van der Waals surface area contributed by atoms with Gasteiger partial charge in [-0.2, -0.15) is 0 Å². The van der Waals surface area contributed by atoms with Crippen LogP contribution in [-0.2, 0) is 4.74 Å². The van der Waals surface area contributed by atoms with Gasteiger partial charge in [-0.25, -0.2) is 9.78 Å². The molecule has 2 aromatic rings. The van der Waals surface area contributed by atoms with E-state index in [1.165, 1.54) is 0 Å². The van der Waals surface area contributed by atoms with Crippen LogP contribution in [0.1, 0.15) is 23.4 Å². The van der Waals surface area contributed by atoms with Crippen LogP contribution in [0.3, 0.4) is 0 Å². The van der Waals surface area contributed by atoms with Crippen LogP contribution >= 0.6 is 0 Å². The van der Waals surface area contributed by atoms with Gasteiger partial charge in [0, 0.05) is 12.5 Å². The molecule has 0 aliphatic carbocycles. The average molecular weight is 261 g/mol. The summed E-state index contributed by atoms with van der Waals surface area (Å²) >= 11 is 0. The zero-order chi connectivity index (χ0) is 13.8. The molecule has 1 heterocycles. The first-order valence-corrected chi connectivity index (χ1v) is 5.94. The van der Waals surface area contributed by atoms with Crippen molar-refractivity contribution in [1.82, 2.24) is 4.98 Å². The van der Waals surface area contributed by atoms with E-state index in [4.69, 9.17) is 13.9 Å². The molecule has 100 valence electrons. The van der Waals surface area contributed by atoms with Crippen molar-refractivity contribution in [2.75, 3.05) is 13.7 Å². The minimum absolute atomic E-state index is 0.129. The molecule has 19 heavy (non-hydrogen) atoms. The Bertz CT molecular complexity index is 572. The highest BCUT2D eigenvalue weighted by atomic mass is 16.5. The van der Waals surface area contributed by atoms with E-state index in [9.17, 15) is 4.79 Å². The Labute approximate surface area is 111 Å². The van der Waals surface area contributed by atoms with Crippen LogP contribution in [0.15, 0.2) is 28.7 Å². The van der Waals surface area contributed by atoms with Crippen LogP contribution in [0.5, 0.6) is 5.75 Å². The molecule has 0 bridgehead atoms. The number of carbonyl (C=O) groups is 1. The Kier molecular flexibility index (Phi) is 3.85. The van der Waals surface area contributed by atoms with Crippen molar-refractivity contribution in [1.29, 1.82) is 0 Å². The molecule has 5 heteroatoms. The monoisotopic (exact) mass is 261 g/mol. The van der Waals surface area contributed by atoms with Gasteiger partial charge in [0.1, 0.15) is 11.4 Å². The first-order valence-electron chi connectivity index (χ1n) is 5.94. The largest absolute Gasteiger partial charge is 0.497 e. The fourth-order valence-electron chi connectivity index (χ4n) is 1.71. The van der Waals surface area contributed by atoms with E-state index in [0.29, 0.717) is 18.2 Å². The van der Waals surface area contributed by atoms with E-state index in [0.717, 1.165) is 11.3 Å². The summed E-state index contributed by atoms with van der Waals surface area (Å²) in [5.74, 6) is 0.786. The fourth-order valence-corrected chi connectivity index (χ4v) is 1.71. The molecule has 0 aliphatic heterocycles. The lowest BCUT2D eigenvalue weighted by molar-refractivity contribution is 0.0490. The maximum atomic E-state index is 11.8. The molecule has 1 aromatic heterocycles. The lowest BCUT2D eigenvalue weighted by Crippen LogP contribution is -2.04. The molecule has 1 aromatic carbocycles. The molecule has 0 N–H and O–H groups in total. The summed E-state index contributed by atoms with van der Waals surface area (Å²) in [6, 6.07) is 7.24. The highest BCUT2D eigenvalue weighted by molar-refractivity contribution is 5.93. The van der Waals surface area contributed by atoms with Crippen LogP contribution in [0.2, 0.25) is 0 Å². The molecule has 0 saturated heterocycles. The molecule has 5 nitrogen and oxygen atoms in total. The van der Waals surface area contributed by atoms with Crippen molar-refractivity contribution in [3.05, 3.63) is 35.9 Å². The van der Waals surface area contributed by atoms with E-state index in [1.54, 1.807) is 33.1 Å². The van der Waals surface area contributed by atoms with E-state index < -0.39 is 5.97 Å². The zero-order valence-corrected chi connectivity index (χ0v) is 11.1. The number of rotatable bonds is 4. The van der Waals surface area contributed by atoms with Crippen molar-refractivity contribution in [3.8, 4) is 17.0 Å². The predicted octanol–water partition coefficient (Wildman–Crippen LogP) is 2.84. The van der Waals surface area contributed by atoms with Crippen molar-refractivity contribution in [2.24, 2.45) is 0 Å². The van der Waals surface area contributed by atoms with Gasteiger partial charge in [0.2, 0.25) is 5.76 Å². The summed E-state index contributed by atoms with van der Waals surface area (Å²) in [5, 5.41) is 0. The molecular weight excluding hydrogens is 246 g/mol. The number of ether oxygens (including phenoxy) is 2. The Balaban J connectivity index is 2.40. The van der Waals surface area contributed by atoms with Crippen LogP contribution in [-0.4, -0.2) is 24.7 Å². The van der Waals surface area contributed by atoms with Crippen LogP contribution in [0.4, 0.5) is 0 Å². The second-order valence-electron chi connectivity index (χ2n) is 3.86. The van der Waals surface area contributed by atoms with Crippen LogP contribution in [0.25, 0.3) is 11.3 Å². The number of aromatic nitrogens is 1. The molecule has 0 spiro atoms. The SMILES string of the molecule is CCOC(=O)c1oc(C)nc1-c1ccc(OC)cc1. The summed E-state index contributed by atoms with van der Waals surface area (Å²) in [7, 11) is 1.60. The number of hydrogen-bond acceptors (Lipinski definition) is 5. The van der Waals surface area contributed by atoms with E-state index in [-0.39, 0.29) is 5.76 Å². The standard InChI is InChI=1S/C14H15NO4/c1-4-18-14(16)13-12(15-9(2)19-13)10-5-7-11(17-3)8-6-10/h5-8H,4H2,1-3H3. The molecule has 2 rings (SSSR count). The number of oxazole rings is 1. The maximum absolute atomic E-state index is 11.8. The molecule has 0 atom stereocenters. The average Bonchev–Trinajstić information content (AvgIpc) is 2.81. The molecule has 0 fully saturated rings. The Morgan fingerprint density at radius 3 is 2.58 bits per heavy atom. The van der Waals surface area contributed by atoms with Gasteiger partial charge in [-0.05, 0) is 31.2 Å². The number of esters is 1. The lowest BCUT2D eigenvalue weighted by Gasteiger charge is -2.03. The first kappa shape index (κ1) is 13.1. The van der Waals surface area contributed by atoms with Gasteiger partial charge in [0.05, 0.1) is 13.7 Å². The van der Waals surface area contributed by atoms with Gasteiger partial charge in [-0.15, -0.1) is 0 Å². The summed E-state index contributed by atoms with van der Waals surface area (Å²) in [6.07, 6.45) is 0. The van der Waals surface area contributed by atoms with Gasteiger partial charge >= 0.3 is 5.97 Å². The Hall–Kier alpha value is -2.30. The molecule has 0 amide bonds. The fraction of sp³-hybridized carbons (Fsp3) is 0.286. The first-order chi connectivity index (χ1) is 9.15. The van der Waals surface area contributed by atoms with E-state index >= 15 is 0 Å². The van der Waals surface area contributed by atoms with Crippen molar-refractivity contribution >= 4 is 5.97 Å². The second kappa shape index (κ2) is 5.56. The van der Waals surface area contributed by atoms with Crippen molar-refractivity contribution < 1.29 is 18.7 Å². The third-order valence-electron chi connectivity index (χ3n) is 2.56. The number of nitrogens with zero attached hydrogens (tertiary/aromatic N) is 1. The van der Waals surface area contributed by atoms with E-state index in [1.807, 2.05) is 12.1 Å². The number of hydrogen-bond donors (Lipinski definition) is 0. The van der Waals surface area contributed by atoms with E-state index in [2.05, 4.69) is 4.98 Å². The van der Waals surface area contributed by atoms with Gasteiger partial charge in [-0.3, -0.25) is 0 Å². The summed E-state index contributed by atoms with van der Waals surface area (Å²) in [4.78, 5) is 16.0. The normalized spacial score (nSPS) is 10.3. The third kappa shape index (κ3) is 2.76. The highest BCUT2D eigenvalue weighted by Gasteiger charge is 2.21.